The Labute approximate surface area is 98.4 Å². The summed E-state index contributed by atoms with van der Waals surface area (Å²) in [4.78, 5) is 32.2. The van der Waals surface area contributed by atoms with Crippen molar-refractivity contribution in [3.63, 3.8) is 0 Å². The summed E-state index contributed by atoms with van der Waals surface area (Å²) in [6.07, 6.45) is 0.0415. The fourth-order valence-corrected chi connectivity index (χ4v) is 1.05. The van der Waals surface area contributed by atoms with Gasteiger partial charge in [0.05, 0.1) is 6.42 Å². The van der Waals surface area contributed by atoms with Gasteiger partial charge >= 0.3 is 18.0 Å². The van der Waals surface area contributed by atoms with Gasteiger partial charge in [-0.25, -0.2) is 9.59 Å². The SMILES string of the molecule is CNCCCNC(=O)NC(CC(=O)O)C(=O)O. The molecule has 0 fully saturated rings. The van der Waals surface area contributed by atoms with E-state index in [0.717, 1.165) is 6.54 Å². The van der Waals surface area contributed by atoms with Crippen molar-refractivity contribution in [1.29, 1.82) is 0 Å². The predicted molar refractivity (Wildman–Crippen MR) is 58.8 cm³/mol. The molecule has 98 valence electrons. The van der Waals surface area contributed by atoms with Gasteiger partial charge in [0.25, 0.3) is 0 Å². The minimum atomic E-state index is -1.42. The van der Waals surface area contributed by atoms with Crippen molar-refractivity contribution < 1.29 is 24.6 Å². The van der Waals surface area contributed by atoms with E-state index < -0.39 is 30.4 Å². The second kappa shape index (κ2) is 8.34. The van der Waals surface area contributed by atoms with Crippen molar-refractivity contribution in [3.05, 3.63) is 0 Å². The lowest BCUT2D eigenvalue weighted by Gasteiger charge is -2.13. The van der Waals surface area contributed by atoms with Crippen LogP contribution in [0.2, 0.25) is 0 Å². The number of amides is 2. The number of nitrogens with one attached hydrogen (secondary N) is 3. The number of rotatable bonds is 8. The first kappa shape index (κ1) is 15.2. The molecule has 0 aliphatic heterocycles. The summed E-state index contributed by atoms with van der Waals surface area (Å²) in [6, 6.07) is -2.11. The number of hydrogen-bond acceptors (Lipinski definition) is 4. The topological polar surface area (TPSA) is 128 Å². The summed E-state index contributed by atoms with van der Waals surface area (Å²) in [7, 11) is 1.77. The van der Waals surface area contributed by atoms with Gasteiger partial charge in [-0.3, -0.25) is 4.79 Å². The van der Waals surface area contributed by atoms with Crippen LogP contribution in [0.3, 0.4) is 0 Å². The summed E-state index contributed by atoms with van der Waals surface area (Å²) >= 11 is 0. The van der Waals surface area contributed by atoms with Crippen LogP contribution >= 0.6 is 0 Å². The normalized spacial score (nSPS) is 11.6. The third kappa shape index (κ3) is 8.03. The van der Waals surface area contributed by atoms with Crippen molar-refractivity contribution in [2.24, 2.45) is 0 Å². The second-order valence-corrected chi connectivity index (χ2v) is 3.35. The average molecular weight is 247 g/mol. The molecule has 2 amide bonds. The molecular formula is C9H17N3O5. The van der Waals surface area contributed by atoms with Crippen molar-refractivity contribution in [3.8, 4) is 0 Å². The first-order valence-electron chi connectivity index (χ1n) is 5.11. The lowest BCUT2D eigenvalue weighted by Crippen LogP contribution is -2.47. The zero-order chi connectivity index (χ0) is 13.3. The Balaban J connectivity index is 3.96. The van der Waals surface area contributed by atoms with Crippen molar-refractivity contribution in [1.82, 2.24) is 16.0 Å². The van der Waals surface area contributed by atoms with Crippen LogP contribution in [0.1, 0.15) is 12.8 Å². The van der Waals surface area contributed by atoms with Crippen LogP contribution in [0.5, 0.6) is 0 Å². The molecule has 17 heavy (non-hydrogen) atoms. The molecule has 1 atom stereocenters. The Morgan fingerprint density at radius 1 is 1.18 bits per heavy atom. The van der Waals surface area contributed by atoms with E-state index in [9.17, 15) is 14.4 Å². The zero-order valence-electron chi connectivity index (χ0n) is 9.52. The molecule has 0 spiro atoms. The van der Waals surface area contributed by atoms with Crippen molar-refractivity contribution in [2.45, 2.75) is 18.9 Å². The van der Waals surface area contributed by atoms with E-state index in [1.807, 2.05) is 0 Å². The summed E-state index contributed by atoms with van der Waals surface area (Å²) in [5, 5.41) is 24.5. The highest BCUT2D eigenvalue weighted by Crippen LogP contribution is 1.92. The van der Waals surface area contributed by atoms with Crippen molar-refractivity contribution in [2.75, 3.05) is 20.1 Å². The lowest BCUT2D eigenvalue weighted by atomic mass is 10.2. The molecule has 0 aliphatic rings. The standard InChI is InChI=1S/C9H17N3O5/c1-10-3-2-4-11-9(17)12-6(8(15)16)5-7(13)14/h6,10H,2-5H2,1H3,(H,13,14)(H,15,16)(H2,11,12,17). The molecule has 8 nitrogen and oxygen atoms in total. The molecule has 8 heteroatoms. The maximum atomic E-state index is 11.2. The summed E-state index contributed by atoms with van der Waals surface area (Å²) in [5.74, 6) is -2.66. The number of hydrogen-bond donors (Lipinski definition) is 5. The number of carbonyl (C=O) groups excluding carboxylic acids is 1. The fourth-order valence-electron chi connectivity index (χ4n) is 1.05. The van der Waals surface area contributed by atoms with E-state index in [0.29, 0.717) is 13.0 Å². The van der Waals surface area contributed by atoms with Gasteiger partial charge in [-0.1, -0.05) is 0 Å². The van der Waals surface area contributed by atoms with Gasteiger partial charge in [-0.2, -0.15) is 0 Å². The van der Waals surface area contributed by atoms with Crippen LogP contribution < -0.4 is 16.0 Å². The van der Waals surface area contributed by atoms with Gasteiger partial charge in [0, 0.05) is 6.54 Å². The highest BCUT2D eigenvalue weighted by atomic mass is 16.4. The highest BCUT2D eigenvalue weighted by Gasteiger charge is 2.22. The maximum absolute atomic E-state index is 11.2. The zero-order valence-corrected chi connectivity index (χ0v) is 9.52. The third-order valence-electron chi connectivity index (χ3n) is 1.87. The number of aliphatic carboxylic acids is 2. The molecular weight excluding hydrogens is 230 g/mol. The number of carboxylic acid groups (broad SMARTS) is 2. The van der Waals surface area contributed by atoms with E-state index in [-0.39, 0.29) is 0 Å². The first-order valence-corrected chi connectivity index (χ1v) is 5.11. The Hall–Kier alpha value is -1.83. The summed E-state index contributed by atoms with van der Waals surface area (Å²) in [6.45, 7) is 1.10. The average Bonchev–Trinajstić information content (AvgIpc) is 2.22. The van der Waals surface area contributed by atoms with Crippen LogP contribution in [0.25, 0.3) is 0 Å². The Morgan fingerprint density at radius 2 is 1.82 bits per heavy atom. The smallest absolute Gasteiger partial charge is 0.326 e. The molecule has 0 radical (unpaired) electrons. The van der Waals surface area contributed by atoms with Crippen LogP contribution in [0, 0.1) is 0 Å². The second-order valence-electron chi connectivity index (χ2n) is 3.35. The molecule has 0 heterocycles. The molecule has 0 aromatic carbocycles. The van der Waals surface area contributed by atoms with Crippen LogP contribution in [0.4, 0.5) is 4.79 Å². The highest BCUT2D eigenvalue weighted by molar-refractivity contribution is 5.86. The molecule has 0 aromatic heterocycles. The van der Waals surface area contributed by atoms with Gasteiger partial charge in [0.1, 0.15) is 6.04 Å². The van der Waals surface area contributed by atoms with Crippen LogP contribution in [0.15, 0.2) is 0 Å². The molecule has 0 saturated carbocycles. The van der Waals surface area contributed by atoms with E-state index in [4.69, 9.17) is 10.2 Å². The molecule has 0 rings (SSSR count). The van der Waals surface area contributed by atoms with E-state index in [1.54, 1.807) is 7.05 Å². The van der Waals surface area contributed by atoms with E-state index in [1.165, 1.54) is 0 Å². The van der Waals surface area contributed by atoms with Gasteiger partial charge in [0.15, 0.2) is 0 Å². The van der Waals surface area contributed by atoms with Gasteiger partial charge in [-0.05, 0) is 20.0 Å². The Morgan fingerprint density at radius 3 is 2.29 bits per heavy atom. The van der Waals surface area contributed by atoms with Gasteiger partial charge in [0.2, 0.25) is 0 Å². The summed E-state index contributed by atoms with van der Waals surface area (Å²) < 4.78 is 0. The van der Waals surface area contributed by atoms with E-state index >= 15 is 0 Å². The molecule has 0 bridgehead atoms. The maximum Gasteiger partial charge on any atom is 0.326 e. The molecule has 5 N–H and O–H groups in total. The fraction of sp³-hybridized carbons (Fsp3) is 0.667. The van der Waals surface area contributed by atoms with Crippen LogP contribution in [-0.4, -0.2) is 54.4 Å². The Kier molecular flexibility index (Phi) is 7.44. The minimum absolute atomic E-state index is 0.381. The number of carbonyl (C=O) groups is 3. The molecule has 0 saturated heterocycles. The molecule has 1 unspecified atom stereocenters. The third-order valence-corrected chi connectivity index (χ3v) is 1.87. The predicted octanol–water partition coefficient (Wildman–Crippen LogP) is -1.18. The monoisotopic (exact) mass is 247 g/mol. The lowest BCUT2D eigenvalue weighted by molar-refractivity contribution is -0.145. The molecule has 0 aliphatic carbocycles. The number of urea groups is 1. The quantitative estimate of drug-likeness (QED) is 0.344. The van der Waals surface area contributed by atoms with E-state index in [2.05, 4.69) is 16.0 Å². The largest absolute Gasteiger partial charge is 0.481 e. The minimum Gasteiger partial charge on any atom is -0.481 e. The Bertz CT molecular complexity index is 282. The van der Waals surface area contributed by atoms with Gasteiger partial charge < -0.3 is 26.2 Å². The first-order chi connectivity index (χ1) is 7.97. The summed E-state index contributed by atoms with van der Waals surface area (Å²) in [5.41, 5.74) is 0. The number of carboxylic acids is 2. The van der Waals surface area contributed by atoms with Gasteiger partial charge in [-0.15, -0.1) is 0 Å². The van der Waals surface area contributed by atoms with Crippen molar-refractivity contribution >= 4 is 18.0 Å². The van der Waals surface area contributed by atoms with Crippen LogP contribution in [-0.2, 0) is 9.59 Å². The molecule has 0 aromatic rings.